The zero-order valence-corrected chi connectivity index (χ0v) is 8.11. The van der Waals surface area contributed by atoms with E-state index >= 15 is 0 Å². The van der Waals surface area contributed by atoms with Crippen LogP contribution in [0.2, 0.25) is 0 Å². The van der Waals surface area contributed by atoms with Crippen molar-refractivity contribution in [2.75, 3.05) is 6.54 Å². The Morgan fingerprint density at radius 2 is 2.00 bits per heavy atom. The highest BCUT2D eigenvalue weighted by atomic mass is 16.5. The molecule has 0 saturated heterocycles. The van der Waals surface area contributed by atoms with Crippen molar-refractivity contribution >= 4 is 5.97 Å². The van der Waals surface area contributed by atoms with Crippen LogP contribution in [0.25, 0.3) is 0 Å². The smallest absolute Gasteiger partial charge is 0.306 e. The minimum Gasteiger partial charge on any atom is -0.461 e. The Morgan fingerprint density at radius 3 is 2.64 bits per heavy atom. The fraction of sp³-hybridized carbons (Fsp3) is 0.364. The molecule has 3 nitrogen and oxygen atoms in total. The van der Waals surface area contributed by atoms with Gasteiger partial charge in [-0.2, -0.15) is 0 Å². The summed E-state index contributed by atoms with van der Waals surface area (Å²) in [5, 5.41) is 0. The van der Waals surface area contributed by atoms with Crippen LogP contribution in [0.3, 0.4) is 0 Å². The standard InChI is InChI=1S/C11H15NO2/c12-8-4-7-11(13)14-9-10-5-2-1-3-6-10/h1-3,5-6H,4,7-9,12H2. The molecule has 1 rings (SSSR count). The Balaban J connectivity index is 2.24. The summed E-state index contributed by atoms with van der Waals surface area (Å²) < 4.78 is 5.04. The Bertz CT molecular complexity index is 272. The molecule has 0 fully saturated rings. The second-order valence-electron chi connectivity index (χ2n) is 3.04. The lowest BCUT2D eigenvalue weighted by Crippen LogP contribution is -2.07. The number of esters is 1. The highest BCUT2D eigenvalue weighted by Gasteiger charge is 2.01. The van der Waals surface area contributed by atoms with Crippen molar-refractivity contribution in [1.29, 1.82) is 0 Å². The minimum atomic E-state index is -0.181. The van der Waals surface area contributed by atoms with Gasteiger partial charge in [0.15, 0.2) is 0 Å². The van der Waals surface area contributed by atoms with Gasteiger partial charge in [0.05, 0.1) is 0 Å². The van der Waals surface area contributed by atoms with Crippen molar-refractivity contribution in [3.05, 3.63) is 35.9 Å². The van der Waals surface area contributed by atoms with Crippen molar-refractivity contribution in [1.82, 2.24) is 0 Å². The van der Waals surface area contributed by atoms with Gasteiger partial charge >= 0.3 is 5.97 Å². The van der Waals surface area contributed by atoms with Crippen LogP contribution >= 0.6 is 0 Å². The molecule has 0 aliphatic heterocycles. The molecule has 0 bridgehead atoms. The third kappa shape index (κ3) is 4.05. The Hall–Kier alpha value is -1.35. The van der Waals surface area contributed by atoms with Gasteiger partial charge in [0.1, 0.15) is 6.61 Å². The summed E-state index contributed by atoms with van der Waals surface area (Å²) in [6, 6.07) is 9.62. The summed E-state index contributed by atoms with van der Waals surface area (Å²) in [6.45, 7) is 0.880. The summed E-state index contributed by atoms with van der Waals surface area (Å²) in [6.07, 6.45) is 1.09. The van der Waals surface area contributed by atoms with E-state index in [1.165, 1.54) is 0 Å². The largest absolute Gasteiger partial charge is 0.461 e. The van der Waals surface area contributed by atoms with E-state index in [2.05, 4.69) is 0 Å². The molecular formula is C11H15NO2. The minimum absolute atomic E-state index is 0.181. The van der Waals surface area contributed by atoms with Gasteiger partial charge in [0, 0.05) is 6.42 Å². The zero-order chi connectivity index (χ0) is 10.2. The first-order valence-corrected chi connectivity index (χ1v) is 4.72. The SMILES string of the molecule is NCCCC(=O)OCc1ccccc1. The number of carbonyl (C=O) groups excluding carboxylic acids is 1. The molecule has 2 N–H and O–H groups in total. The van der Waals surface area contributed by atoms with Crippen LogP contribution in [0, 0.1) is 0 Å². The first kappa shape index (κ1) is 10.7. The van der Waals surface area contributed by atoms with E-state index in [1.54, 1.807) is 0 Å². The van der Waals surface area contributed by atoms with Gasteiger partial charge in [-0.25, -0.2) is 0 Å². The first-order chi connectivity index (χ1) is 6.83. The summed E-state index contributed by atoms with van der Waals surface area (Å²) in [5.41, 5.74) is 6.28. The molecule has 0 aliphatic carbocycles. The molecule has 1 aromatic carbocycles. The third-order valence-corrected chi connectivity index (χ3v) is 1.83. The van der Waals surface area contributed by atoms with E-state index in [1.807, 2.05) is 30.3 Å². The van der Waals surface area contributed by atoms with Gasteiger partial charge in [-0.15, -0.1) is 0 Å². The lowest BCUT2D eigenvalue weighted by atomic mass is 10.2. The number of carbonyl (C=O) groups is 1. The molecule has 3 heteroatoms. The Labute approximate surface area is 83.9 Å². The molecule has 0 unspecified atom stereocenters. The van der Waals surface area contributed by atoms with Crippen LogP contribution in [-0.2, 0) is 16.1 Å². The molecule has 0 spiro atoms. The van der Waals surface area contributed by atoms with Crippen molar-refractivity contribution in [2.45, 2.75) is 19.4 Å². The van der Waals surface area contributed by atoms with Crippen LogP contribution in [0.4, 0.5) is 0 Å². The molecule has 14 heavy (non-hydrogen) atoms. The second kappa shape index (κ2) is 6.16. The quantitative estimate of drug-likeness (QED) is 0.720. The molecule has 0 heterocycles. The van der Waals surface area contributed by atoms with Crippen molar-refractivity contribution in [2.24, 2.45) is 5.73 Å². The molecule has 0 atom stereocenters. The molecule has 0 saturated carbocycles. The maximum absolute atomic E-state index is 11.1. The fourth-order valence-electron chi connectivity index (χ4n) is 1.06. The van der Waals surface area contributed by atoms with Gasteiger partial charge in [-0.05, 0) is 18.5 Å². The summed E-state index contributed by atoms with van der Waals surface area (Å²) in [5.74, 6) is -0.181. The van der Waals surface area contributed by atoms with E-state index in [0.29, 0.717) is 26.0 Å². The molecule has 0 aliphatic rings. The second-order valence-corrected chi connectivity index (χ2v) is 3.04. The van der Waals surface area contributed by atoms with E-state index in [9.17, 15) is 4.79 Å². The van der Waals surface area contributed by atoms with Crippen molar-refractivity contribution in [3.8, 4) is 0 Å². The zero-order valence-electron chi connectivity index (χ0n) is 8.11. The van der Waals surface area contributed by atoms with Gasteiger partial charge in [-0.3, -0.25) is 4.79 Å². The molecule has 76 valence electrons. The Morgan fingerprint density at radius 1 is 1.29 bits per heavy atom. The van der Waals surface area contributed by atoms with Crippen molar-refractivity contribution < 1.29 is 9.53 Å². The van der Waals surface area contributed by atoms with E-state index in [-0.39, 0.29) is 5.97 Å². The van der Waals surface area contributed by atoms with Crippen LogP contribution in [0.5, 0.6) is 0 Å². The lowest BCUT2D eigenvalue weighted by Gasteiger charge is -2.03. The van der Waals surface area contributed by atoms with Gasteiger partial charge < -0.3 is 10.5 Å². The number of nitrogens with two attached hydrogens (primary N) is 1. The van der Waals surface area contributed by atoms with Crippen LogP contribution < -0.4 is 5.73 Å². The molecule has 0 radical (unpaired) electrons. The number of hydrogen-bond donors (Lipinski definition) is 1. The summed E-state index contributed by atoms with van der Waals surface area (Å²) in [7, 11) is 0. The number of rotatable bonds is 5. The van der Waals surface area contributed by atoms with E-state index < -0.39 is 0 Å². The van der Waals surface area contributed by atoms with Gasteiger partial charge in [0.2, 0.25) is 0 Å². The summed E-state index contributed by atoms with van der Waals surface area (Å²) in [4.78, 5) is 11.1. The molecule has 0 amide bonds. The van der Waals surface area contributed by atoms with E-state index in [4.69, 9.17) is 10.5 Å². The van der Waals surface area contributed by atoms with Gasteiger partial charge in [-0.1, -0.05) is 30.3 Å². The fourth-order valence-corrected chi connectivity index (χ4v) is 1.06. The van der Waals surface area contributed by atoms with Crippen LogP contribution in [-0.4, -0.2) is 12.5 Å². The normalized spacial score (nSPS) is 9.79. The number of hydrogen-bond acceptors (Lipinski definition) is 3. The first-order valence-electron chi connectivity index (χ1n) is 4.72. The van der Waals surface area contributed by atoms with Crippen molar-refractivity contribution in [3.63, 3.8) is 0 Å². The highest BCUT2D eigenvalue weighted by molar-refractivity contribution is 5.69. The highest BCUT2D eigenvalue weighted by Crippen LogP contribution is 2.02. The van der Waals surface area contributed by atoms with Crippen LogP contribution in [0.15, 0.2) is 30.3 Å². The lowest BCUT2D eigenvalue weighted by molar-refractivity contribution is -0.145. The number of benzene rings is 1. The predicted octanol–water partition coefficient (Wildman–Crippen LogP) is 1.47. The Kier molecular flexibility index (Phi) is 4.72. The molecule has 0 aromatic heterocycles. The molecule has 1 aromatic rings. The number of ether oxygens (including phenoxy) is 1. The van der Waals surface area contributed by atoms with Crippen LogP contribution in [0.1, 0.15) is 18.4 Å². The average molecular weight is 193 g/mol. The topological polar surface area (TPSA) is 52.3 Å². The maximum Gasteiger partial charge on any atom is 0.306 e. The average Bonchev–Trinajstić information content (AvgIpc) is 2.25. The molecular weight excluding hydrogens is 178 g/mol. The predicted molar refractivity (Wildman–Crippen MR) is 54.5 cm³/mol. The maximum atomic E-state index is 11.1. The van der Waals surface area contributed by atoms with Gasteiger partial charge in [0.25, 0.3) is 0 Å². The third-order valence-electron chi connectivity index (χ3n) is 1.83. The van der Waals surface area contributed by atoms with E-state index in [0.717, 1.165) is 5.56 Å². The monoisotopic (exact) mass is 193 g/mol. The summed E-state index contributed by atoms with van der Waals surface area (Å²) >= 11 is 0.